The monoisotopic (exact) mass is 1030 g/mol. The molecule has 0 aliphatic carbocycles. The second kappa shape index (κ2) is 29.0. The van der Waals surface area contributed by atoms with Crippen LogP contribution >= 0.6 is 11.6 Å². The molecule has 8 rings (SSSR count). The molecular weight excluding hydrogens is 956 g/mol. The van der Waals surface area contributed by atoms with Crippen molar-refractivity contribution >= 4 is 57.1 Å². The summed E-state index contributed by atoms with van der Waals surface area (Å²) in [7, 11) is 0. The molecule has 392 valence electrons. The summed E-state index contributed by atoms with van der Waals surface area (Å²) in [4.78, 5) is 63.5. The summed E-state index contributed by atoms with van der Waals surface area (Å²) in [6, 6.07) is 40.6. The SMILES string of the molecule is CC(=O)Cl.CCN(CC)C(=O)c1ccc(C(=C2CCN(Cc3ccncc3)CC2)c2cccc(N)c2)cc1.CCN(CC)C(=O)c1ccc(C(=C2CCN(Cc3ccncc3)CC2)c2cccc(NC(C)=O)c2)cc1. The molecule has 6 aromatic rings. The number of likely N-dealkylation sites (tertiary alicyclic amines) is 2. The van der Waals surface area contributed by atoms with Gasteiger partial charge in [-0.05, 0) is 182 Å². The van der Waals surface area contributed by atoms with E-state index < -0.39 is 0 Å². The van der Waals surface area contributed by atoms with E-state index >= 15 is 0 Å². The number of nitrogens with one attached hydrogen (secondary N) is 1. The number of anilines is 2. The van der Waals surface area contributed by atoms with E-state index in [-0.39, 0.29) is 23.0 Å². The van der Waals surface area contributed by atoms with Crippen LogP contribution in [0.25, 0.3) is 11.1 Å². The van der Waals surface area contributed by atoms with Crippen LogP contribution in [0.2, 0.25) is 0 Å². The third-order valence-electron chi connectivity index (χ3n) is 13.5. The fourth-order valence-electron chi connectivity index (χ4n) is 9.70. The summed E-state index contributed by atoms with van der Waals surface area (Å²) in [5.74, 6) is 0.0528. The number of piperidine rings is 2. The number of hydrogen-bond acceptors (Lipinski definition) is 9. The molecule has 75 heavy (non-hydrogen) atoms. The molecule has 2 aliphatic rings. The Balaban J connectivity index is 0.000000228. The van der Waals surface area contributed by atoms with Gasteiger partial charge in [-0.25, -0.2) is 0 Å². The Morgan fingerprint density at radius 2 is 0.880 bits per heavy atom. The normalized spacial score (nSPS) is 13.5. The number of nitrogens with zero attached hydrogens (tertiary/aromatic N) is 6. The van der Waals surface area contributed by atoms with Crippen molar-refractivity contribution in [1.29, 1.82) is 0 Å². The van der Waals surface area contributed by atoms with Crippen molar-refractivity contribution in [3.63, 3.8) is 0 Å². The highest BCUT2D eigenvalue weighted by atomic mass is 35.5. The Kier molecular flexibility index (Phi) is 22.1. The quantitative estimate of drug-likeness (QED) is 0.0758. The first kappa shape index (κ1) is 57.0. The molecule has 2 saturated heterocycles. The lowest BCUT2D eigenvalue weighted by Gasteiger charge is -2.30. The zero-order chi connectivity index (χ0) is 53.7. The maximum absolute atomic E-state index is 12.9. The Labute approximate surface area is 449 Å². The molecule has 2 fully saturated rings. The van der Waals surface area contributed by atoms with E-state index in [2.05, 4.69) is 103 Å². The zero-order valence-corrected chi connectivity index (χ0v) is 45.3. The van der Waals surface area contributed by atoms with Crippen molar-refractivity contribution in [3.05, 3.63) is 202 Å². The van der Waals surface area contributed by atoms with Crippen LogP contribution in [0.15, 0.2) is 157 Å². The van der Waals surface area contributed by atoms with Gasteiger partial charge in [-0.15, -0.1) is 0 Å². The number of benzene rings is 4. The molecule has 0 bridgehead atoms. The average molecular weight is 1030 g/mol. The summed E-state index contributed by atoms with van der Waals surface area (Å²) in [6.07, 6.45) is 11.4. The molecule has 0 radical (unpaired) electrons. The molecule has 3 amide bonds. The van der Waals surface area contributed by atoms with Crippen LogP contribution in [-0.2, 0) is 22.7 Å². The van der Waals surface area contributed by atoms with Gasteiger partial charge in [-0.1, -0.05) is 59.7 Å². The fourth-order valence-corrected chi connectivity index (χ4v) is 9.70. The Bertz CT molecular complexity index is 2860. The number of halogens is 1. The van der Waals surface area contributed by atoms with Crippen LogP contribution in [0.4, 0.5) is 11.4 Å². The molecule has 2 aliphatic heterocycles. The summed E-state index contributed by atoms with van der Waals surface area (Å²) in [5.41, 5.74) is 21.4. The third kappa shape index (κ3) is 16.9. The third-order valence-corrected chi connectivity index (χ3v) is 13.5. The van der Waals surface area contributed by atoms with Crippen molar-refractivity contribution in [2.75, 3.05) is 63.4 Å². The standard InChI is InChI=1S/C31H36N4O2.C29H34N4O.C2H3ClO/c1-4-35(5-2)31(37)27-11-9-25(10-12-27)30(28-7-6-8-29(21-28)33-23(3)36)26-15-19-34(20-16-26)22-24-13-17-32-18-14-24;1-3-33(4-2)29(34)25-10-8-23(9-11-25)28(26-6-5-7-27(30)20-26)24-14-18-32(19-15-24)21-22-12-16-31-17-13-22;1-2(3)4/h6-14,17-18,21H,4-5,15-16,19-20,22H2,1-3H3,(H,33,36);5-13,16-17,20H,3-4,14-15,18-19,21,30H2,1-2H3;1H3. The summed E-state index contributed by atoms with van der Waals surface area (Å²) >= 11 is 4.64. The van der Waals surface area contributed by atoms with Crippen molar-refractivity contribution < 1.29 is 19.2 Å². The minimum absolute atomic E-state index is 0.0582. The van der Waals surface area contributed by atoms with Crippen LogP contribution in [0.5, 0.6) is 0 Å². The second-order valence-electron chi connectivity index (χ2n) is 18.7. The van der Waals surface area contributed by atoms with Gasteiger partial charge in [0.1, 0.15) is 0 Å². The highest BCUT2D eigenvalue weighted by Gasteiger charge is 2.23. The lowest BCUT2D eigenvalue weighted by atomic mass is 9.87. The Morgan fingerprint density at radius 1 is 0.520 bits per heavy atom. The van der Waals surface area contributed by atoms with Crippen LogP contribution in [0.3, 0.4) is 0 Å². The summed E-state index contributed by atoms with van der Waals surface area (Å²) in [6.45, 7) is 19.5. The van der Waals surface area contributed by atoms with Gasteiger partial charge in [0.2, 0.25) is 11.1 Å². The lowest BCUT2D eigenvalue weighted by molar-refractivity contribution is -0.114. The van der Waals surface area contributed by atoms with Gasteiger partial charge < -0.3 is 20.9 Å². The fraction of sp³-hybridized carbons (Fsp3) is 0.323. The molecule has 2 aromatic heterocycles. The molecule has 4 heterocycles. The first-order valence-electron chi connectivity index (χ1n) is 26.2. The van der Waals surface area contributed by atoms with Crippen molar-refractivity contribution in [2.24, 2.45) is 0 Å². The van der Waals surface area contributed by atoms with Gasteiger partial charge >= 0.3 is 0 Å². The van der Waals surface area contributed by atoms with E-state index in [1.165, 1.54) is 47.3 Å². The van der Waals surface area contributed by atoms with E-state index in [9.17, 15) is 19.2 Å². The number of hydrogen-bond donors (Lipinski definition) is 2. The van der Waals surface area contributed by atoms with Gasteiger partial charge in [-0.2, -0.15) is 0 Å². The maximum atomic E-state index is 12.9. The molecule has 0 saturated carbocycles. The first-order valence-corrected chi connectivity index (χ1v) is 26.5. The molecule has 12 nitrogen and oxygen atoms in total. The minimum atomic E-state index is -0.361. The molecule has 4 aromatic carbocycles. The number of carbonyl (C=O) groups excluding carboxylic acids is 4. The van der Waals surface area contributed by atoms with Crippen LogP contribution in [0.1, 0.15) is 121 Å². The molecule has 0 spiro atoms. The van der Waals surface area contributed by atoms with Gasteiger partial charge in [0.05, 0.1) is 0 Å². The zero-order valence-electron chi connectivity index (χ0n) is 44.5. The first-order chi connectivity index (χ1) is 36.3. The van der Waals surface area contributed by atoms with Crippen molar-refractivity contribution in [2.45, 2.75) is 80.3 Å². The number of carbonyl (C=O) groups is 4. The topological polar surface area (TPSA) is 145 Å². The van der Waals surface area contributed by atoms with Crippen molar-refractivity contribution in [1.82, 2.24) is 29.6 Å². The molecule has 0 atom stereocenters. The number of amides is 3. The number of nitrogens with two attached hydrogens (primary N) is 1. The Hall–Kier alpha value is -7.25. The highest BCUT2D eigenvalue weighted by Crippen LogP contribution is 2.36. The number of nitrogen functional groups attached to an aromatic ring is 1. The second-order valence-corrected chi connectivity index (χ2v) is 19.2. The summed E-state index contributed by atoms with van der Waals surface area (Å²) in [5, 5.41) is 2.55. The van der Waals surface area contributed by atoms with E-state index in [0.717, 1.165) is 104 Å². The van der Waals surface area contributed by atoms with Gasteiger partial charge in [-0.3, -0.25) is 38.9 Å². The van der Waals surface area contributed by atoms with Gasteiger partial charge in [0.15, 0.2) is 0 Å². The largest absolute Gasteiger partial charge is 0.399 e. The predicted molar refractivity (Wildman–Crippen MR) is 305 cm³/mol. The minimum Gasteiger partial charge on any atom is -0.399 e. The number of aromatic nitrogens is 2. The van der Waals surface area contributed by atoms with Gasteiger partial charge in [0.25, 0.3) is 11.8 Å². The number of pyridine rings is 2. The lowest BCUT2D eigenvalue weighted by Crippen LogP contribution is -2.30. The van der Waals surface area contributed by atoms with Crippen LogP contribution in [-0.4, -0.2) is 105 Å². The average Bonchev–Trinajstić information content (AvgIpc) is 3.41. The van der Waals surface area contributed by atoms with E-state index in [1.54, 1.807) is 0 Å². The summed E-state index contributed by atoms with van der Waals surface area (Å²) < 4.78 is 0. The smallest absolute Gasteiger partial charge is 0.253 e. The predicted octanol–water partition coefficient (Wildman–Crippen LogP) is 11.6. The maximum Gasteiger partial charge on any atom is 0.253 e. The number of rotatable bonds is 15. The highest BCUT2D eigenvalue weighted by molar-refractivity contribution is 6.62. The van der Waals surface area contributed by atoms with E-state index in [1.807, 2.05) is 117 Å². The van der Waals surface area contributed by atoms with Crippen molar-refractivity contribution in [3.8, 4) is 0 Å². The molecule has 3 N–H and O–H groups in total. The Morgan fingerprint density at radius 3 is 1.24 bits per heavy atom. The van der Waals surface area contributed by atoms with Crippen LogP contribution in [0, 0.1) is 0 Å². The van der Waals surface area contributed by atoms with Gasteiger partial charge in [0, 0.05) is 127 Å². The molecular formula is C62H73ClN8O4. The van der Waals surface area contributed by atoms with Crippen LogP contribution < -0.4 is 11.1 Å². The van der Waals surface area contributed by atoms with E-state index in [0.29, 0.717) is 31.7 Å². The molecule has 0 unspecified atom stereocenters. The molecule has 13 heteroatoms. The van der Waals surface area contributed by atoms with E-state index in [4.69, 9.17) is 5.73 Å².